The van der Waals surface area contributed by atoms with E-state index in [0.29, 0.717) is 18.3 Å². The molecule has 0 unspecified atom stereocenters. The summed E-state index contributed by atoms with van der Waals surface area (Å²) in [6.45, 7) is 3.74. The molecule has 0 aliphatic heterocycles. The van der Waals surface area contributed by atoms with Crippen LogP contribution in [-0.2, 0) is 23.9 Å². The van der Waals surface area contributed by atoms with Crippen LogP contribution in [0.4, 0.5) is 0 Å². The zero-order valence-electron chi connectivity index (χ0n) is 21.1. The number of esters is 1. The van der Waals surface area contributed by atoms with Crippen molar-refractivity contribution in [2.45, 2.75) is 109 Å². The van der Waals surface area contributed by atoms with Crippen LogP contribution in [0.25, 0.3) is 0 Å². The van der Waals surface area contributed by atoms with Gasteiger partial charge in [0, 0.05) is 11.8 Å². The molecule has 0 bridgehead atoms. The highest BCUT2D eigenvalue weighted by atomic mass is 16.6. The second-order valence-electron chi connectivity index (χ2n) is 11.1. The topological polar surface area (TPSA) is 89.9 Å². The van der Waals surface area contributed by atoms with Crippen LogP contribution < -0.4 is 0 Å². The standard InChI is InChI=1S/C28H44O6/c1-28(2,32)26(30)22-13-15-24(16-14-22)33-18-19-34-27(31)23-11-8-20(9-12-23)10-17-25(29)21-6-4-3-5-7-21/h10,17,20-24,32H,3-9,11-16,18-19H2,1-2H3/b17-10+. The van der Waals surface area contributed by atoms with Crippen molar-refractivity contribution in [3.63, 3.8) is 0 Å². The number of ketones is 2. The molecular weight excluding hydrogens is 432 g/mol. The Labute approximate surface area is 204 Å². The van der Waals surface area contributed by atoms with Crippen molar-refractivity contribution in [3.8, 4) is 0 Å². The summed E-state index contributed by atoms with van der Waals surface area (Å²) in [5, 5.41) is 9.90. The first-order chi connectivity index (χ1) is 16.2. The highest BCUT2D eigenvalue weighted by Crippen LogP contribution is 2.32. The number of carbonyl (C=O) groups excluding carboxylic acids is 3. The van der Waals surface area contributed by atoms with E-state index >= 15 is 0 Å². The number of allylic oxidation sites excluding steroid dienone is 2. The van der Waals surface area contributed by atoms with Crippen molar-refractivity contribution in [1.82, 2.24) is 0 Å². The van der Waals surface area contributed by atoms with Gasteiger partial charge in [0.2, 0.25) is 0 Å². The van der Waals surface area contributed by atoms with Gasteiger partial charge in [0.15, 0.2) is 11.6 Å². The van der Waals surface area contributed by atoms with E-state index < -0.39 is 5.60 Å². The molecule has 3 saturated carbocycles. The molecule has 34 heavy (non-hydrogen) atoms. The molecule has 0 atom stereocenters. The van der Waals surface area contributed by atoms with Crippen molar-refractivity contribution >= 4 is 17.5 Å². The number of hydrogen-bond donors (Lipinski definition) is 1. The smallest absolute Gasteiger partial charge is 0.309 e. The average molecular weight is 477 g/mol. The Morgan fingerprint density at radius 2 is 1.41 bits per heavy atom. The second-order valence-corrected chi connectivity index (χ2v) is 11.1. The first kappa shape index (κ1) is 27.1. The summed E-state index contributed by atoms with van der Waals surface area (Å²) < 4.78 is 11.3. The van der Waals surface area contributed by atoms with Gasteiger partial charge in [-0.1, -0.05) is 25.3 Å². The van der Waals surface area contributed by atoms with Crippen LogP contribution in [0.2, 0.25) is 0 Å². The SMILES string of the molecule is CC(C)(O)C(=O)C1CCC(OCCOC(=O)C2CCC(/C=C/C(=O)C3CCCCC3)CC2)CC1. The van der Waals surface area contributed by atoms with E-state index in [4.69, 9.17) is 9.47 Å². The van der Waals surface area contributed by atoms with Gasteiger partial charge in [-0.05, 0) is 90.0 Å². The van der Waals surface area contributed by atoms with Crippen LogP contribution in [0.1, 0.15) is 97.3 Å². The predicted molar refractivity (Wildman–Crippen MR) is 130 cm³/mol. The molecule has 0 aromatic carbocycles. The lowest BCUT2D eigenvalue weighted by Gasteiger charge is -2.31. The van der Waals surface area contributed by atoms with Crippen molar-refractivity contribution in [2.24, 2.45) is 23.7 Å². The first-order valence-electron chi connectivity index (χ1n) is 13.5. The van der Waals surface area contributed by atoms with Gasteiger partial charge in [-0.15, -0.1) is 0 Å². The molecule has 0 aromatic rings. The molecular formula is C28H44O6. The maximum Gasteiger partial charge on any atom is 0.309 e. The summed E-state index contributed by atoms with van der Waals surface area (Å²) >= 11 is 0. The maximum absolute atomic E-state index is 12.4. The van der Waals surface area contributed by atoms with Crippen molar-refractivity contribution in [2.75, 3.05) is 13.2 Å². The van der Waals surface area contributed by atoms with Crippen molar-refractivity contribution in [1.29, 1.82) is 0 Å². The van der Waals surface area contributed by atoms with Crippen LogP contribution in [0.5, 0.6) is 0 Å². The number of ether oxygens (including phenoxy) is 2. The van der Waals surface area contributed by atoms with Crippen LogP contribution in [0.15, 0.2) is 12.2 Å². The second kappa shape index (κ2) is 13.0. The lowest BCUT2D eigenvalue weighted by Crippen LogP contribution is -2.39. The number of hydrogen-bond acceptors (Lipinski definition) is 6. The van der Waals surface area contributed by atoms with E-state index in [1.54, 1.807) is 13.8 Å². The zero-order valence-corrected chi connectivity index (χ0v) is 21.1. The zero-order chi connectivity index (χ0) is 24.6. The molecule has 0 radical (unpaired) electrons. The third-order valence-electron chi connectivity index (χ3n) is 7.97. The third kappa shape index (κ3) is 8.30. The van der Waals surface area contributed by atoms with Gasteiger partial charge >= 0.3 is 5.97 Å². The molecule has 3 aliphatic carbocycles. The molecule has 3 aliphatic rings. The van der Waals surface area contributed by atoms with Gasteiger partial charge in [0.25, 0.3) is 0 Å². The largest absolute Gasteiger partial charge is 0.463 e. The third-order valence-corrected chi connectivity index (χ3v) is 7.97. The molecule has 0 spiro atoms. The van der Waals surface area contributed by atoms with Crippen LogP contribution in [-0.4, -0.2) is 47.6 Å². The minimum Gasteiger partial charge on any atom is -0.463 e. The van der Waals surface area contributed by atoms with Crippen molar-refractivity contribution < 1.29 is 29.0 Å². The number of Topliss-reactive ketones (excluding diaryl/α,β-unsaturated/α-hetero) is 1. The summed E-state index contributed by atoms with van der Waals surface area (Å²) in [6.07, 6.45) is 16.2. The summed E-state index contributed by atoms with van der Waals surface area (Å²) in [5.41, 5.74) is -1.27. The lowest BCUT2D eigenvalue weighted by atomic mass is 9.80. The fourth-order valence-corrected chi connectivity index (χ4v) is 5.77. The lowest BCUT2D eigenvalue weighted by molar-refractivity contribution is -0.152. The highest BCUT2D eigenvalue weighted by molar-refractivity contribution is 5.91. The van der Waals surface area contributed by atoms with E-state index in [1.165, 1.54) is 19.3 Å². The monoisotopic (exact) mass is 476 g/mol. The molecule has 0 heterocycles. The summed E-state index contributed by atoms with van der Waals surface area (Å²) in [6, 6.07) is 0. The van der Waals surface area contributed by atoms with E-state index in [9.17, 15) is 19.5 Å². The maximum atomic E-state index is 12.4. The quantitative estimate of drug-likeness (QED) is 0.272. The van der Waals surface area contributed by atoms with Gasteiger partial charge in [-0.25, -0.2) is 0 Å². The highest BCUT2D eigenvalue weighted by Gasteiger charge is 2.34. The summed E-state index contributed by atoms with van der Waals surface area (Å²) in [5.74, 6) is 0.542. The Kier molecular flexibility index (Phi) is 10.3. The molecule has 0 aromatic heterocycles. The van der Waals surface area contributed by atoms with Gasteiger partial charge in [0.1, 0.15) is 12.2 Å². The molecule has 3 fully saturated rings. The van der Waals surface area contributed by atoms with E-state index in [2.05, 4.69) is 6.08 Å². The first-order valence-corrected chi connectivity index (χ1v) is 13.5. The molecule has 3 rings (SSSR count). The Bertz CT molecular complexity index is 699. The summed E-state index contributed by atoms with van der Waals surface area (Å²) in [4.78, 5) is 37.0. The predicted octanol–water partition coefficient (Wildman–Crippen LogP) is 4.96. The average Bonchev–Trinajstić information content (AvgIpc) is 2.85. The minimum absolute atomic E-state index is 0.0537. The minimum atomic E-state index is -1.27. The van der Waals surface area contributed by atoms with Crippen LogP contribution >= 0.6 is 0 Å². The molecule has 0 amide bonds. The Morgan fingerprint density at radius 1 is 0.794 bits per heavy atom. The van der Waals surface area contributed by atoms with E-state index in [1.807, 2.05) is 6.08 Å². The number of aliphatic hydroxyl groups is 1. The Morgan fingerprint density at radius 3 is 2.03 bits per heavy atom. The van der Waals surface area contributed by atoms with Gasteiger partial charge in [-0.2, -0.15) is 0 Å². The summed E-state index contributed by atoms with van der Waals surface area (Å²) in [7, 11) is 0. The van der Waals surface area contributed by atoms with Gasteiger partial charge in [0.05, 0.1) is 18.6 Å². The van der Waals surface area contributed by atoms with Crippen LogP contribution in [0.3, 0.4) is 0 Å². The van der Waals surface area contributed by atoms with E-state index in [-0.39, 0.29) is 42.2 Å². The molecule has 1 N–H and O–H groups in total. The Hall–Kier alpha value is -1.53. The van der Waals surface area contributed by atoms with E-state index in [0.717, 1.165) is 64.2 Å². The molecule has 6 heteroatoms. The fraction of sp³-hybridized carbons (Fsp3) is 0.821. The normalized spacial score (nSPS) is 29.1. The van der Waals surface area contributed by atoms with Gasteiger partial charge in [-0.3, -0.25) is 14.4 Å². The number of carbonyl (C=O) groups is 3. The Balaban J connectivity index is 1.26. The number of rotatable bonds is 10. The van der Waals surface area contributed by atoms with Crippen molar-refractivity contribution in [3.05, 3.63) is 12.2 Å². The molecule has 192 valence electrons. The molecule has 6 nitrogen and oxygen atoms in total. The molecule has 0 saturated heterocycles. The van der Waals surface area contributed by atoms with Gasteiger partial charge < -0.3 is 14.6 Å². The van der Waals surface area contributed by atoms with Crippen LogP contribution in [0, 0.1) is 23.7 Å². The fourth-order valence-electron chi connectivity index (χ4n) is 5.77.